The van der Waals surface area contributed by atoms with E-state index in [0.29, 0.717) is 6.61 Å². The first-order valence-corrected chi connectivity index (χ1v) is 5.38. The Labute approximate surface area is 93.6 Å². The number of amides is 1. The van der Waals surface area contributed by atoms with E-state index < -0.39 is 12.0 Å². The zero-order chi connectivity index (χ0) is 12.0. The molecular formula is C10H17NO5. The van der Waals surface area contributed by atoms with Crippen molar-refractivity contribution in [1.82, 2.24) is 5.32 Å². The van der Waals surface area contributed by atoms with Crippen LogP contribution in [0.3, 0.4) is 0 Å². The standard InChI is InChI=1S/C10H17NO5/c12-4-3-8(10(14)15)11-9(13)6-7-2-1-5-16-7/h7-8,12H,1-6H2,(H,11,13)(H,14,15)/t7?,8-/m0/s1. The van der Waals surface area contributed by atoms with Crippen LogP contribution in [0.2, 0.25) is 0 Å². The molecule has 92 valence electrons. The first-order chi connectivity index (χ1) is 7.63. The first kappa shape index (κ1) is 12.9. The van der Waals surface area contributed by atoms with Crippen LogP contribution in [0.4, 0.5) is 0 Å². The molecule has 0 bridgehead atoms. The van der Waals surface area contributed by atoms with Gasteiger partial charge in [0, 0.05) is 19.6 Å². The maximum absolute atomic E-state index is 11.5. The molecule has 6 nitrogen and oxygen atoms in total. The van der Waals surface area contributed by atoms with Gasteiger partial charge in [0.05, 0.1) is 12.5 Å². The molecule has 3 N–H and O–H groups in total. The molecular weight excluding hydrogens is 214 g/mol. The molecule has 0 aliphatic carbocycles. The van der Waals surface area contributed by atoms with Crippen molar-refractivity contribution in [2.24, 2.45) is 0 Å². The van der Waals surface area contributed by atoms with Crippen LogP contribution in [0.1, 0.15) is 25.7 Å². The van der Waals surface area contributed by atoms with Crippen LogP contribution in [0.15, 0.2) is 0 Å². The normalized spacial score (nSPS) is 21.7. The van der Waals surface area contributed by atoms with Crippen LogP contribution < -0.4 is 5.32 Å². The average Bonchev–Trinajstić information content (AvgIpc) is 2.69. The van der Waals surface area contributed by atoms with Crippen molar-refractivity contribution in [1.29, 1.82) is 0 Å². The Hall–Kier alpha value is -1.14. The van der Waals surface area contributed by atoms with Gasteiger partial charge in [0.25, 0.3) is 0 Å². The van der Waals surface area contributed by atoms with Crippen LogP contribution in [0, 0.1) is 0 Å². The van der Waals surface area contributed by atoms with Gasteiger partial charge in [-0.05, 0) is 12.8 Å². The lowest BCUT2D eigenvalue weighted by molar-refractivity contribution is -0.142. The van der Waals surface area contributed by atoms with E-state index in [1.807, 2.05) is 0 Å². The summed E-state index contributed by atoms with van der Waals surface area (Å²) in [6, 6.07) is -1.01. The lowest BCUT2D eigenvalue weighted by Gasteiger charge is -2.15. The van der Waals surface area contributed by atoms with Gasteiger partial charge in [-0.25, -0.2) is 4.79 Å². The van der Waals surface area contributed by atoms with Crippen molar-refractivity contribution in [2.75, 3.05) is 13.2 Å². The molecule has 1 aliphatic heterocycles. The Kier molecular flexibility index (Phi) is 5.21. The van der Waals surface area contributed by atoms with Gasteiger partial charge >= 0.3 is 5.97 Å². The van der Waals surface area contributed by atoms with Gasteiger partial charge < -0.3 is 20.3 Å². The molecule has 0 saturated carbocycles. The molecule has 0 aromatic carbocycles. The van der Waals surface area contributed by atoms with Gasteiger partial charge in [0.2, 0.25) is 5.91 Å². The first-order valence-electron chi connectivity index (χ1n) is 5.38. The second kappa shape index (κ2) is 6.44. The van der Waals surface area contributed by atoms with E-state index in [1.165, 1.54) is 0 Å². The van der Waals surface area contributed by atoms with Crippen LogP contribution in [-0.4, -0.2) is 47.4 Å². The van der Waals surface area contributed by atoms with Gasteiger partial charge in [-0.15, -0.1) is 0 Å². The van der Waals surface area contributed by atoms with Crippen molar-refractivity contribution in [3.05, 3.63) is 0 Å². The van der Waals surface area contributed by atoms with E-state index in [2.05, 4.69) is 5.32 Å². The Morgan fingerprint density at radius 3 is 2.75 bits per heavy atom. The number of nitrogens with one attached hydrogen (secondary N) is 1. The summed E-state index contributed by atoms with van der Waals surface area (Å²) < 4.78 is 5.27. The fourth-order valence-corrected chi connectivity index (χ4v) is 1.65. The molecule has 2 atom stereocenters. The van der Waals surface area contributed by atoms with E-state index in [4.69, 9.17) is 14.9 Å². The molecule has 0 spiro atoms. The van der Waals surface area contributed by atoms with Crippen molar-refractivity contribution >= 4 is 11.9 Å². The summed E-state index contributed by atoms with van der Waals surface area (Å²) in [5.41, 5.74) is 0. The average molecular weight is 231 g/mol. The second-order valence-electron chi connectivity index (χ2n) is 3.81. The summed E-state index contributed by atoms with van der Waals surface area (Å²) in [6.07, 6.45) is 1.90. The van der Waals surface area contributed by atoms with Crippen molar-refractivity contribution in [2.45, 2.75) is 37.8 Å². The number of carbonyl (C=O) groups is 2. The summed E-state index contributed by atoms with van der Waals surface area (Å²) in [4.78, 5) is 22.2. The quantitative estimate of drug-likeness (QED) is 0.573. The number of hydrogen-bond donors (Lipinski definition) is 3. The number of rotatable bonds is 6. The van der Waals surface area contributed by atoms with Gasteiger partial charge in [-0.1, -0.05) is 0 Å². The third kappa shape index (κ3) is 4.16. The van der Waals surface area contributed by atoms with Gasteiger partial charge in [0.15, 0.2) is 0 Å². The highest BCUT2D eigenvalue weighted by atomic mass is 16.5. The molecule has 1 saturated heterocycles. The largest absolute Gasteiger partial charge is 0.480 e. The number of aliphatic carboxylic acids is 1. The fourth-order valence-electron chi connectivity index (χ4n) is 1.65. The number of carboxylic acids is 1. The number of ether oxygens (including phenoxy) is 1. The number of carbonyl (C=O) groups excluding carboxylic acids is 1. The van der Waals surface area contributed by atoms with Gasteiger partial charge in [-0.3, -0.25) is 4.79 Å². The minimum atomic E-state index is -1.13. The second-order valence-corrected chi connectivity index (χ2v) is 3.81. The Morgan fingerprint density at radius 1 is 1.50 bits per heavy atom. The highest BCUT2D eigenvalue weighted by Gasteiger charge is 2.23. The zero-order valence-corrected chi connectivity index (χ0v) is 9.02. The lowest BCUT2D eigenvalue weighted by Crippen LogP contribution is -2.42. The number of carboxylic acid groups (broad SMARTS) is 1. The number of hydrogen-bond acceptors (Lipinski definition) is 4. The van der Waals surface area contributed by atoms with Gasteiger partial charge in [0.1, 0.15) is 6.04 Å². The van der Waals surface area contributed by atoms with Gasteiger partial charge in [-0.2, -0.15) is 0 Å². The van der Waals surface area contributed by atoms with Crippen LogP contribution >= 0.6 is 0 Å². The minimum Gasteiger partial charge on any atom is -0.480 e. The smallest absolute Gasteiger partial charge is 0.326 e. The molecule has 0 radical (unpaired) electrons. The van der Waals surface area contributed by atoms with Crippen LogP contribution in [0.25, 0.3) is 0 Å². The predicted octanol–water partition coefficient (Wildman–Crippen LogP) is -0.493. The number of aliphatic hydroxyl groups excluding tert-OH is 1. The highest BCUT2D eigenvalue weighted by Crippen LogP contribution is 2.15. The Balaban J connectivity index is 2.32. The van der Waals surface area contributed by atoms with E-state index >= 15 is 0 Å². The Morgan fingerprint density at radius 2 is 2.25 bits per heavy atom. The SMILES string of the molecule is O=C(CC1CCCO1)N[C@@H](CCO)C(=O)O. The maximum Gasteiger partial charge on any atom is 0.326 e. The third-order valence-corrected chi connectivity index (χ3v) is 2.49. The van der Waals surface area contributed by atoms with Crippen molar-refractivity contribution in [3.63, 3.8) is 0 Å². The molecule has 1 unspecified atom stereocenters. The highest BCUT2D eigenvalue weighted by molar-refractivity contribution is 5.83. The summed E-state index contributed by atoms with van der Waals surface area (Å²) in [7, 11) is 0. The molecule has 6 heteroatoms. The fraction of sp³-hybridized carbons (Fsp3) is 0.800. The summed E-state index contributed by atoms with van der Waals surface area (Å²) in [5, 5.41) is 19.8. The molecule has 1 amide bonds. The summed E-state index contributed by atoms with van der Waals surface area (Å²) in [6.45, 7) is 0.397. The van der Waals surface area contributed by atoms with Crippen molar-refractivity contribution in [3.8, 4) is 0 Å². The molecule has 1 rings (SSSR count). The lowest BCUT2D eigenvalue weighted by atomic mass is 10.1. The topological polar surface area (TPSA) is 95.9 Å². The molecule has 1 aliphatic rings. The van der Waals surface area contributed by atoms with Crippen LogP contribution in [0.5, 0.6) is 0 Å². The molecule has 0 aromatic rings. The van der Waals surface area contributed by atoms with E-state index in [0.717, 1.165) is 12.8 Å². The third-order valence-electron chi connectivity index (χ3n) is 2.49. The minimum absolute atomic E-state index is 0.0204. The number of aliphatic hydroxyl groups is 1. The van der Waals surface area contributed by atoms with Crippen molar-refractivity contribution < 1.29 is 24.5 Å². The summed E-state index contributed by atoms with van der Waals surface area (Å²) >= 11 is 0. The monoisotopic (exact) mass is 231 g/mol. The predicted molar refractivity (Wildman–Crippen MR) is 54.9 cm³/mol. The molecule has 0 aromatic heterocycles. The maximum atomic E-state index is 11.5. The molecule has 1 fully saturated rings. The van der Waals surface area contributed by atoms with Crippen LogP contribution in [-0.2, 0) is 14.3 Å². The summed E-state index contributed by atoms with van der Waals surface area (Å²) in [5.74, 6) is -1.47. The molecule has 16 heavy (non-hydrogen) atoms. The molecule has 1 heterocycles. The Bertz CT molecular complexity index is 250. The zero-order valence-electron chi connectivity index (χ0n) is 9.02. The van der Waals surface area contributed by atoms with E-state index in [-0.39, 0.29) is 31.5 Å². The van der Waals surface area contributed by atoms with E-state index in [1.54, 1.807) is 0 Å². The van der Waals surface area contributed by atoms with E-state index in [9.17, 15) is 9.59 Å².